The predicted octanol–water partition coefficient (Wildman–Crippen LogP) is 4.11. The van der Waals surface area contributed by atoms with E-state index in [2.05, 4.69) is 25.4 Å². The number of nitrogens with zero attached hydrogens (tertiary/aromatic N) is 3. The summed E-state index contributed by atoms with van der Waals surface area (Å²) in [5.74, 6) is 1.08. The Bertz CT molecular complexity index is 1320. The lowest BCUT2D eigenvalue weighted by molar-refractivity contribution is 0.0952. The molecule has 2 N–H and O–H groups in total. The third kappa shape index (κ3) is 3.24. The van der Waals surface area contributed by atoms with Gasteiger partial charge >= 0.3 is 0 Å². The second kappa shape index (κ2) is 7.32. The summed E-state index contributed by atoms with van der Waals surface area (Å²) in [6, 6.07) is 13.1. The number of aryl methyl sites for hydroxylation is 1. The molecular formula is C22H17N5O3. The first-order chi connectivity index (χ1) is 14.7. The highest BCUT2D eigenvalue weighted by Gasteiger charge is 2.20. The molecule has 0 bridgehead atoms. The van der Waals surface area contributed by atoms with E-state index in [9.17, 15) is 4.79 Å². The first kappa shape index (κ1) is 17.9. The van der Waals surface area contributed by atoms with Gasteiger partial charge in [0.1, 0.15) is 11.5 Å². The van der Waals surface area contributed by atoms with Crippen molar-refractivity contribution in [2.24, 2.45) is 0 Å². The van der Waals surface area contributed by atoms with Gasteiger partial charge in [0.2, 0.25) is 0 Å². The number of imidazole rings is 1. The van der Waals surface area contributed by atoms with Crippen LogP contribution in [0.5, 0.6) is 0 Å². The van der Waals surface area contributed by atoms with E-state index < -0.39 is 0 Å². The summed E-state index contributed by atoms with van der Waals surface area (Å²) in [5.41, 5.74) is 3.75. The van der Waals surface area contributed by atoms with Crippen LogP contribution in [0.4, 0.5) is 0 Å². The maximum Gasteiger partial charge on any atom is 0.259 e. The van der Waals surface area contributed by atoms with Crippen LogP contribution in [-0.2, 0) is 6.54 Å². The second-order valence-corrected chi connectivity index (χ2v) is 6.80. The van der Waals surface area contributed by atoms with Crippen LogP contribution in [0.1, 0.15) is 21.6 Å². The predicted molar refractivity (Wildman–Crippen MR) is 109 cm³/mol. The summed E-state index contributed by atoms with van der Waals surface area (Å²) in [6.45, 7) is 2.14. The summed E-state index contributed by atoms with van der Waals surface area (Å²) in [7, 11) is 0. The van der Waals surface area contributed by atoms with Crippen molar-refractivity contribution in [1.29, 1.82) is 0 Å². The molecule has 0 atom stereocenters. The number of aromatic amines is 1. The molecular weight excluding hydrogens is 382 g/mol. The van der Waals surface area contributed by atoms with Crippen molar-refractivity contribution in [3.05, 3.63) is 77.9 Å². The van der Waals surface area contributed by atoms with Crippen molar-refractivity contribution in [2.75, 3.05) is 0 Å². The molecule has 5 aromatic rings. The number of aromatic nitrogens is 4. The molecule has 1 amide bonds. The van der Waals surface area contributed by atoms with Gasteiger partial charge in [0.05, 0.1) is 22.9 Å². The van der Waals surface area contributed by atoms with Crippen molar-refractivity contribution < 1.29 is 13.7 Å². The molecule has 0 unspecified atom stereocenters. The molecule has 0 saturated heterocycles. The van der Waals surface area contributed by atoms with Gasteiger partial charge in [0.15, 0.2) is 5.76 Å². The molecule has 5 rings (SSSR count). The number of amides is 1. The van der Waals surface area contributed by atoms with Crippen molar-refractivity contribution >= 4 is 17.0 Å². The summed E-state index contributed by atoms with van der Waals surface area (Å²) < 4.78 is 10.7. The Kier molecular flexibility index (Phi) is 4.36. The Labute approximate surface area is 170 Å². The number of carbonyl (C=O) groups excluding carboxylic acids is 1. The van der Waals surface area contributed by atoms with Gasteiger partial charge in [-0.3, -0.25) is 4.79 Å². The fourth-order valence-electron chi connectivity index (χ4n) is 3.35. The standard InChI is InChI=1S/C22H17N5O3/c1-13-19-16(11-17(18-6-3-9-29-18)26-22(19)30-27-13)21(28)25-12-14-4-2-5-15(10-14)20-23-7-8-24-20/h2-11H,12H2,1H3,(H,23,24)(H,25,28). The highest BCUT2D eigenvalue weighted by Crippen LogP contribution is 2.27. The molecule has 1 aromatic carbocycles. The zero-order chi connectivity index (χ0) is 20.5. The number of nitrogens with one attached hydrogen (secondary N) is 2. The topological polar surface area (TPSA) is 110 Å². The van der Waals surface area contributed by atoms with Gasteiger partial charge in [-0.2, -0.15) is 0 Å². The first-order valence-corrected chi connectivity index (χ1v) is 9.37. The molecule has 148 valence electrons. The van der Waals surface area contributed by atoms with Gasteiger partial charge < -0.3 is 19.2 Å². The number of carbonyl (C=O) groups is 1. The zero-order valence-electron chi connectivity index (χ0n) is 16.0. The minimum atomic E-state index is -0.245. The van der Waals surface area contributed by atoms with E-state index in [1.54, 1.807) is 43.8 Å². The average molecular weight is 399 g/mol. The number of hydrogen-bond acceptors (Lipinski definition) is 6. The summed E-state index contributed by atoms with van der Waals surface area (Å²) in [5, 5.41) is 7.52. The van der Waals surface area contributed by atoms with Crippen LogP contribution < -0.4 is 5.32 Å². The first-order valence-electron chi connectivity index (χ1n) is 9.37. The Hall–Kier alpha value is -4.20. The minimum Gasteiger partial charge on any atom is -0.463 e. The van der Waals surface area contributed by atoms with E-state index in [1.807, 2.05) is 24.3 Å². The SMILES string of the molecule is Cc1noc2nc(-c3ccco3)cc(C(=O)NCc3cccc(-c4ncc[nH]4)c3)c12. The van der Waals surface area contributed by atoms with Crippen LogP contribution in [-0.4, -0.2) is 26.0 Å². The number of furan rings is 1. The van der Waals surface area contributed by atoms with Gasteiger partial charge in [-0.05, 0) is 36.8 Å². The Morgan fingerprint density at radius 1 is 1.20 bits per heavy atom. The Morgan fingerprint density at radius 2 is 2.13 bits per heavy atom. The number of pyridine rings is 1. The Balaban J connectivity index is 1.44. The lowest BCUT2D eigenvalue weighted by Gasteiger charge is -2.08. The van der Waals surface area contributed by atoms with Gasteiger partial charge in [0.25, 0.3) is 11.6 Å². The fraction of sp³-hybridized carbons (Fsp3) is 0.0909. The number of fused-ring (bicyclic) bond motifs is 1. The number of benzene rings is 1. The van der Waals surface area contributed by atoms with Gasteiger partial charge in [0, 0.05) is 24.5 Å². The molecule has 0 aliphatic carbocycles. The molecule has 30 heavy (non-hydrogen) atoms. The molecule has 0 radical (unpaired) electrons. The van der Waals surface area contributed by atoms with E-state index in [0.29, 0.717) is 40.4 Å². The molecule has 0 fully saturated rings. The van der Waals surface area contributed by atoms with Crippen molar-refractivity contribution in [1.82, 2.24) is 25.4 Å². The number of hydrogen-bond donors (Lipinski definition) is 2. The van der Waals surface area contributed by atoms with Crippen LogP contribution >= 0.6 is 0 Å². The smallest absolute Gasteiger partial charge is 0.259 e. The summed E-state index contributed by atoms with van der Waals surface area (Å²) >= 11 is 0. The Morgan fingerprint density at radius 3 is 2.93 bits per heavy atom. The molecule has 0 aliphatic heterocycles. The van der Waals surface area contributed by atoms with Gasteiger partial charge in [-0.25, -0.2) is 9.97 Å². The summed E-state index contributed by atoms with van der Waals surface area (Å²) in [4.78, 5) is 24.8. The van der Waals surface area contributed by atoms with E-state index in [0.717, 1.165) is 17.0 Å². The van der Waals surface area contributed by atoms with E-state index in [-0.39, 0.29) is 5.91 Å². The molecule has 4 aromatic heterocycles. The van der Waals surface area contributed by atoms with E-state index in [1.165, 1.54) is 0 Å². The third-order valence-electron chi connectivity index (χ3n) is 4.79. The van der Waals surface area contributed by atoms with Gasteiger partial charge in [-0.15, -0.1) is 0 Å². The van der Waals surface area contributed by atoms with Gasteiger partial charge in [-0.1, -0.05) is 23.4 Å². The monoisotopic (exact) mass is 399 g/mol. The fourth-order valence-corrected chi connectivity index (χ4v) is 3.35. The third-order valence-corrected chi connectivity index (χ3v) is 4.79. The molecule has 0 saturated carbocycles. The average Bonchev–Trinajstić information content (AvgIpc) is 3.54. The van der Waals surface area contributed by atoms with Crippen LogP contribution in [0, 0.1) is 6.92 Å². The maximum absolute atomic E-state index is 13.1. The van der Waals surface area contributed by atoms with Crippen LogP contribution in [0.15, 0.2) is 70.1 Å². The molecule has 0 aliphatic rings. The van der Waals surface area contributed by atoms with Crippen molar-refractivity contribution in [3.63, 3.8) is 0 Å². The zero-order valence-corrected chi connectivity index (χ0v) is 16.0. The molecule has 8 nitrogen and oxygen atoms in total. The quantitative estimate of drug-likeness (QED) is 0.460. The van der Waals surface area contributed by atoms with Crippen molar-refractivity contribution in [3.8, 4) is 22.8 Å². The highest BCUT2D eigenvalue weighted by atomic mass is 16.5. The number of rotatable bonds is 5. The van der Waals surface area contributed by atoms with E-state index >= 15 is 0 Å². The second-order valence-electron chi connectivity index (χ2n) is 6.80. The normalized spacial score (nSPS) is 11.1. The maximum atomic E-state index is 13.1. The lowest BCUT2D eigenvalue weighted by atomic mass is 10.1. The van der Waals surface area contributed by atoms with Crippen LogP contribution in [0.3, 0.4) is 0 Å². The molecule has 8 heteroatoms. The number of H-pyrrole nitrogens is 1. The van der Waals surface area contributed by atoms with Crippen LogP contribution in [0.25, 0.3) is 33.9 Å². The molecule has 0 spiro atoms. The van der Waals surface area contributed by atoms with Crippen LogP contribution in [0.2, 0.25) is 0 Å². The lowest BCUT2D eigenvalue weighted by Crippen LogP contribution is -2.23. The van der Waals surface area contributed by atoms with Crippen molar-refractivity contribution in [2.45, 2.75) is 13.5 Å². The molecule has 4 heterocycles. The summed E-state index contributed by atoms with van der Waals surface area (Å²) in [6.07, 6.45) is 5.03. The highest BCUT2D eigenvalue weighted by molar-refractivity contribution is 6.06. The minimum absolute atomic E-state index is 0.245. The van der Waals surface area contributed by atoms with E-state index in [4.69, 9.17) is 8.94 Å². The largest absolute Gasteiger partial charge is 0.463 e.